The number of nitrogens with zero attached hydrogens (tertiary/aromatic N) is 6. The largest absolute Gasteiger partial charge is 0.507 e. The first-order chi connectivity index (χ1) is 21.6. The SMILES string of the molecule is CN1CCN(Cc2ccc3nc(NC(=O)c4ccnc(N5CC(Oc6cccc(O)c6C=O)C5)c4)n(CC(C)(C)O)c3c2)CC1. The number of pyridine rings is 1. The fraction of sp³-hybridized carbons (Fsp3) is 0.394. The second-order valence-electron chi connectivity index (χ2n) is 12.5. The van der Waals surface area contributed by atoms with Crippen LogP contribution >= 0.6 is 0 Å². The Morgan fingerprint density at radius 3 is 2.62 bits per heavy atom. The molecule has 4 aromatic rings. The molecule has 0 aliphatic carbocycles. The van der Waals surface area contributed by atoms with Crippen LogP contribution in [0.15, 0.2) is 54.7 Å². The van der Waals surface area contributed by atoms with Crippen molar-refractivity contribution in [2.24, 2.45) is 0 Å². The normalized spacial score (nSPS) is 16.5. The van der Waals surface area contributed by atoms with E-state index >= 15 is 0 Å². The highest BCUT2D eigenvalue weighted by Gasteiger charge is 2.31. The van der Waals surface area contributed by atoms with E-state index in [1.54, 1.807) is 44.3 Å². The molecule has 2 saturated heterocycles. The molecule has 0 saturated carbocycles. The molecule has 4 heterocycles. The number of carbonyl (C=O) groups excluding carboxylic acids is 2. The van der Waals surface area contributed by atoms with Crippen LogP contribution in [0.4, 0.5) is 11.8 Å². The van der Waals surface area contributed by atoms with E-state index in [9.17, 15) is 19.8 Å². The summed E-state index contributed by atoms with van der Waals surface area (Å²) in [6, 6.07) is 14.2. The third kappa shape index (κ3) is 6.93. The zero-order chi connectivity index (χ0) is 31.7. The Morgan fingerprint density at radius 1 is 1.11 bits per heavy atom. The molecule has 3 N–H and O–H groups in total. The van der Waals surface area contributed by atoms with Gasteiger partial charge in [-0.15, -0.1) is 0 Å². The summed E-state index contributed by atoms with van der Waals surface area (Å²) in [6.45, 7) is 9.65. The van der Waals surface area contributed by atoms with Crippen molar-refractivity contribution in [1.29, 1.82) is 0 Å². The fourth-order valence-electron chi connectivity index (χ4n) is 5.71. The summed E-state index contributed by atoms with van der Waals surface area (Å²) < 4.78 is 7.79. The minimum absolute atomic E-state index is 0.120. The highest BCUT2D eigenvalue weighted by atomic mass is 16.5. The molecule has 45 heavy (non-hydrogen) atoms. The molecule has 2 fully saturated rings. The fourth-order valence-corrected chi connectivity index (χ4v) is 5.71. The van der Waals surface area contributed by atoms with Crippen LogP contribution in [-0.4, -0.2) is 105 Å². The van der Waals surface area contributed by atoms with Gasteiger partial charge in [0, 0.05) is 44.5 Å². The van der Waals surface area contributed by atoms with Gasteiger partial charge >= 0.3 is 0 Å². The molecule has 2 aromatic carbocycles. The Bertz CT molecular complexity index is 1700. The number of piperazine rings is 1. The number of imidazole rings is 1. The number of amides is 1. The number of fused-ring (bicyclic) bond motifs is 1. The van der Waals surface area contributed by atoms with Gasteiger partial charge in [-0.3, -0.25) is 19.8 Å². The van der Waals surface area contributed by atoms with Gasteiger partial charge in [0.2, 0.25) is 5.95 Å². The summed E-state index contributed by atoms with van der Waals surface area (Å²) in [5.74, 6) is 0.846. The Hall–Kier alpha value is -4.52. The van der Waals surface area contributed by atoms with E-state index in [1.807, 2.05) is 15.5 Å². The lowest BCUT2D eigenvalue weighted by atomic mass is 10.1. The number of phenolic OH excluding ortho intramolecular Hbond substituents is 1. The number of hydrogen-bond donors (Lipinski definition) is 3. The maximum atomic E-state index is 13.5. The van der Waals surface area contributed by atoms with E-state index in [-0.39, 0.29) is 29.9 Å². The quantitative estimate of drug-likeness (QED) is 0.229. The van der Waals surface area contributed by atoms with Crippen LogP contribution in [-0.2, 0) is 13.1 Å². The van der Waals surface area contributed by atoms with Gasteiger partial charge in [0.1, 0.15) is 23.4 Å². The molecular formula is C33H39N7O5. The van der Waals surface area contributed by atoms with Gasteiger partial charge in [0.25, 0.3) is 5.91 Å². The molecule has 0 atom stereocenters. The number of ether oxygens (including phenoxy) is 1. The van der Waals surface area contributed by atoms with E-state index in [1.165, 1.54) is 6.07 Å². The molecule has 0 bridgehead atoms. The number of nitrogens with one attached hydrogen (secondary N) is 1. The van der Waals surface area contributed by atoms with E-state index < -0.39 is 5.60 Å². The number of aliphatic hydroxyl groups is 1. The van der Waals surface area contributed by atoms with Crippen molar-refractivity contribution in [2.45, 2.75) is 38.6 Å². The van der Waals surface area contributed by atoms with Gasteiger partial charge in [0.05, 0.1) is 41.8 Å². The Labute approximate surface area is 261 Å². The predicted octanol–water partition coefficient (Wildman–Crippen LogP) is 2.99. The number of aromatic nitrogens is 3. The number of aromatic hydroxyl groups is 1. The smallest absolute Gasteiger partial charge is 0.258 e. The first kappa shape index (κ1) is 30.5. The van der Waals surface area contributed by atoms with Crippen molar-refractivity contribution in [1.82, 2.24) is 24.3 Å². The van der Waals surface area contributed by atoms with Gasteiger partial charge < -0.3 is 29.3 Å². The molecule has 1 amide bonds. The number of phenols is 1. The lowest BCUT2D eigenvalue weighted by Gasteiger charge is -2.40. The highest BCUT2D eigenvalue weighted by molar-refractivity contribution is 6.04. The standard InChI is InChI=1S/C33H39N7O5/c1-33(2,44)21-40-27-15-22(17-38-13-11-37(3)12-14-38)7-8-26(27)35-32(40)36-31(43)23-9-10-34-30(16-23)39-18-24(19-39)45-29-6-4-5-28(42)25(29)20-41/h4-10,15-16,20,24,42,44H,11-14,17-19,21H2,1-3H3,(H,35,36,43). The van der Waals surface area contributed by atoms with Crippen molar-refractivity contribution < 1.29 is 24.5 Å². The van der Waals surface area contributed by atoms with Crippen molar-refractivity contribution in [3.63, 3.8) is 0 Å². The summed E-state index contributed by atoms with van der Waals surface area (Å²) >= 11 is 0. The van der Waals surface area contributed by atoms with Gasteiger partial charge in [0.15, 0.2) is 6.29 Å². The first-order valence-corrected chi connectivity index (χ1v) is 15.1. The molecule has 2 aromatic heterocycles. The van der Waals surface area contributed by atoms with Crippen LogP contribution in [0.25, 0.3) is 11.0 Å². The summed E-state index contributed by atoms with van der Waals surface area (Å²) in [4.78, 5) is 40.8. The topological polar surface area (TPSA) is 136 Å². The third-order valence-corrected chi connectivity index (χ3v) is 8.22. The van der Waals surface area contributed by atoms with Crippen molar-refractivity contribution >= 4 is 35.0 Å². The number of benzene rings is 2. The summed E-state index contributed by atoms with van der Waals surface area (Å²) in [5, 5.41) is 23.6. The Kier molecular flexibility index (Phi) is 8.45. The number of rotatable bonds is 10. The molecule has 12 heteroatoms. The lowest BCUT2D eigenvalue weighted by molar-refractivity contribution is 0.0630. The molecule has 0 spiro atoms. The highest BCUT2D eigenvalue weighted by Crippen LogP contribution is 2.30. The van der Waals surface area contributed by atoms with Crippen LogP contribution in [0, 0.1) is 0 Å². The molecule has 2 aliphatic heterocycles. The zero-order valence-corrected chi connectivity index (χ0v) is 25.8. The second-order valence-corrected chi connectivity index (χ2v) is 12.5. The average molecular weight is 614 g/mol. The molecular weight excluding hydrogens is 574 g/mol. The van der Waals surface area contributed by atoms with Crippen LogP contribution < -0.4 is 15.0 Å². The molecule has 2 aliphatic rings. The number of carbonyl (C=O) groups is 2. The van der Waals surface area contributed by atoms with Crippen LogP contribution in [0.3, 0.4) is 0 Å². The van der Waals surface area contributed by atoms with Crippen LogP contribution in [0.1, 0.15) is 40.1 Å². The molecule has 0 radical (unpaired) electrons. The van der Waals surface area contributed by atoms with Gasteiger partial charge in [-0.05, 0) is 62.9 Å². The van der Waals surface area contributed by atoms with Gasteiger partial charge in [-0.2, -0.15) is 0 Å². The second kappa shape index (κ2) is 12.5. The average Bonchev–Trinajstić information content (AvgIpc) is 3.30. The zero-order valence-electron chi connectivity index (χ0n) is 25.8. The monoisotopic (exact) mass is 613 g/mol. The van der Waals surface area contributed by atoms with E-state index in [4.69, 9.17) is 9.72 Å². The van der Waals surface area contributed by atoms with Gasteiger partial charge in [-0.1, -0.05) is 12.1 Å². The van der Waals surface area contributed by atoms with Gasteiger partial charge in [-0.25, -0.2) is 9.97 Å². The number of hydrogen-bond acceptors (Lipinski definition) is 10. The van der Waals surface area contributed by atoms with Crippen molar-refractivity contribution in [2.75, 3.05) is 56.5 Å². The Morgan fingerprint density at radius 2 is 1.89 bits per heavy atom. The number of likely N-dealkylation sites (N-methyl/N-ethyl adjacent to an activating group) is 1. The minimum atomic E-state index is -1.04. The molecule has 12 nitrogen and oxygen atoms in total. The minimum Gasteiger partial charge on any atom is -0.507 e. The summed E-state index contributed by atoms with van der Waals surface area (Å²) in [7, 11) is 2.14. The maximum absolute atomic E-state index is 13.5. The number of aldehydes is 1. The molecule has 6 rings (SSSR count). The summed E-state index contributed by atoms with van der Waals surface area (Å²) in [5.41, 5.74) is 2.25. The van der Waals surface area contributed by atoms with E-state index in [0.717, 1.165) is 49.3 Å². The van der Waals surface area contributed by atoms with Crippen molar-refractivity contribution in [3.8, 4) is 11.5 Å². The predicted molar refractivity (Wildman–Crippen MR) is 171 cm³/mol. The maximum Gasteiger partial charge on any atom is 0.258 e. The Balaban J connectivity index is 1.16. The number of anilines is 2. The van der Waals surface area contributed by atoms with E-state index in [2.05, 4.69) is 39.3 Å². The first-order valence-electron chi connectivity index (χ1n) is 15.1. The van der Waals surface area contributed by atoms with Crippen molar-refractivity contribution in [3.05, 3.63) is 71.4 Å². The van der Waals surface area contributed by atoms with E-state index in [0.29, 0.717) is 42.5 Å². The lowest BCUT2D eigenvalue weighted by Crippen LogP contribution is -2.54. The molecule has 0 unspecified atom stereocenters. The molecule has 236 valence electrons. The van der Waals surface area contributed by atoms with Crippen LogP contribution in [0.5, 0.6) is 11.5 Å². The third-order valence-electron chi connectivity index (χ3n) is 8.22. The summed E-state index contributed by atoms with van der Waals surface area (Å²) in [6.07, 6.45) is 1.96. The van der Waals surface area contributed by atoms with Crippen LogP contribution in [0.2, 0.25) is 0 Å².